The van der Waals surface area contributed by atoms with Crippen LogP contribution >= 0.6 is 23.2 Å². The van der Waals surface area contributed by atoms with Gasteiger partial charge in [0.2, 0.25) is 5.91 Å². The Balaban J connectivity index is 1.70. The second-order valence-electron chi connectivity index (χ2n) is 6.50. The third kappa shape index (κ3) is 5.44. The van der Waals surface area contributed by atoms with Crippen LogP contribution in [0.15, 0.2) is 42.5 Å². The third-order valence-corrected chi connectivity index (χ3v) is 5.11. The minimum atomic E-state index is -0.168. The van der Waals surface area contributed by atoms with Crippen molar-refractivity contribution in [3.05, 3.63) is 63.6 Å². The topological polar surface area (TPSA) is 48.0 Å². The average molecular weight is 436 g/mol. The maximum absolute atomic E-state index is 12.7. The molecule has 1 aliphatic rings. The fourth-order valence-corrected chi connectivity index (χ4v) is 3.57. The van der Waals surface area contributed by atoms with Gasteiger partial charge >= 0.3 is 0 Å². The zero-order valence-electron chi connectivity index (χ0n) is 16.4. The summed E-state index contributed by atoms with van der Waals surface area (Å²) >= 11 is 12.2. The molecular weight excluding hydrogens is 413 g/mol. The summed E-state index contributed by atoms with van der Waals surface area (Å²) in [5.74, 6) is 0.942. The molecule has 0 radical (unpaired) electrons. The van der Waals surface area contributed by atoms with Crippen molar-refractivity contribution in [2.75, 3.05) is 33.4 Å². The number of halogens is 2. The maximum Gasteiger partial charge on any atom is 0.246 e. The van der Waals surface area contributed by atoms with Gasteiger partial charge in [-0.05, 0) is 48.4 Å². The lowest BCUT2D eigenvalue weighted by atomic mass is 10.1. The molecule has 7 heteroatoms. The van der Waals surface area contributed by atoms with Gasteiger partial charge in [-0.2, -0.15) is 0 Å². The van der Waals surface area contributed by atoms with Crippen molar-refractivity contribution in [2.45, 2.75) is 13.0 Å². The number of amides is 1. The minimum Gasteiger partial charge on any atom is -0.491 e. The van der Waals surface area contributed by atoms with Gasteiger partial charge in [-0.15, -0.1) is 0 Å². The summed E-state index contributed by atoms with van der Waals surface area (Å²) in [5, 5.41) is 1.10. The Labute approximate surface area is 180 Å². The van der Waals surface area contributed by atoms with Crippen molar-refractivity contribution in [2.24, 2.45) is 0 Å². The van der Waals surface area contributed by atoms with Gasteiger partial charge < -0.3 is 19.1 Å². The Kier molecular flexibility index (Phi) is 7.42. The molecule has 29 heavy (non-hydrogen) atoms. The van der Waals surface area contributed by atoms with Crippen molar-refractivity contribution in [1.29, 1.82) is 0 Å². The molecule has 1 saturated heterocycles. The van der Waals surface area contributed by atoms with Gasteiger partial charge in [-0.25, -0.2) is 0 Å². The minimum absolute atomic E-state index is 0.0860. The van der Waals surface area contributed by atoms with Crippen LogP contribution in [0.5, 0.6) is 11.5 Å². The van der Waals surface area contributed by atoms with Crippen LogP contribution in [0.25, 0.3) is 6.08 Å². The number of nitrogens with zero attached hydrogens (tertiary/aromatic N) is 1. The Hall–Kier alpha value is -2.21. The number of hydrogen-bond acceptors (Lipinski definition) is 4. The number of morpholine rings is 1. The van der Waals surface area contributed by atoms with Gasteiger partial charge in [0.25, 0.3) is 0 Å². The van der Waals surface area contributed by atoms with E-state index in [0.29, 0.717) is 47.8 Å². The van der Waals surface area contributed by atoms with Gasteiger partial charge in [0, 0.05) is 17.6 Å². The average Bonchev–Trinajstić information content (AvgIpc) is 2.73. The molecule has 1 aliphatic heterocycles. The number of hydrogen-bond donors (Lipinski definition) is 0. The van der Waals surface area contributed by atoms with E-state index >= 15 is 0 Å². The molecular formula is C22H23Cl2NO4. The Morgan fingerprint density at radius 2 is 2.03 bits per heavy atom. The standard InChI is InChI=1S/C22H23Cl2NO4/c1-3-28-19-13-15(12-18(24)22(19)27-2)4-9-21(26)25-10-11-29-20(14-25)16-5-7-17(23)8-6-16/h4-9,12-13,20H,3,10-11,14H2,1-2H3/b9-4+. The van der Waals surface area contributed by atoms with Crippen molar-refractivity contribution >= 4 is 35.2 Å². The molecule has 5 nitrogen and oxygen atoms in total. The zero-order chi connectivity index (χ0) is 20.8. The van der Waals surface area contributed by atoms with Crippen LogP contribution < -0.4 is 9.47 Å². The molecule has 1 amide bonds. The molecule has 154 valence electrons. The van der Waals surface area contributed by atoms with Crippen LogP contribution in [0.3, 0.4) is 0 Å². The van der Waals surface area contributed by atoms with E-state index in [4.69, 9.17) is 37.4 Å². The van der Waals surface area contributed by atoms with E-state index in [0.717, 1.165) is 11.1 Å². The fraction of sp³-hybridized carbons (Fsp3) is 0.318. The predicted molar refractivity (Wildman–Crippen MR) is 115 cm³/mol. The SMILES string of the molecule is CCOc1cc(/C=C/C(=O)N2CCOC(c3ccc(Cl)cc3)C2)cc(Cl)c1OC. The summed E-state index contributed by atoms with van der Waals surface area (Å²) in [7, 11) is 1.54. The number of benzene rings is 2. The molecule has 2 aromatic carbocycles. The largest absolute Gasteiger partial charge is 0.491 e. The van der Waals surface area contributed by atoms with Crippen molar-refractivity contribution in [1.82, 2.24) is 4.90 Å². The second kappa shape index (κ2) is 10.0. The highest BCUT2D eigenvalue weighted by Crippen LogP contribution is 2.36. The lowest BCUT2D eigenvalue weighted by molar-refractivity contribution is -0.133. The van der Waals surface area contributed by atoms with E-state index < -0.39 is 0 Å². The predicted octanol–water partition coefficient (Wildman–Crippen LogP) is 5.01. The van der Waals surface area contributed by atoms with Gasteiger partial charge in [0.1, 0.15) is 6.10 Å². The van der Waals surface area contributed by atoms with Crippen LogP contribution in [0.2, 0.25) is 10.0 Å². The molecule has 0 aromatic heterocycles. The van der Waals surface area contributed by atoms with E-state index in [2.05, 4.69) is 0 Å². The molecule has 1 unspecified atom stereocenters. The third-order valence-electron chi connectivity index (χ3n) is 4.57. The molecule has 1 heterocycles. The summed E-state index contributed by atoms with van der Waals surface area (Å²) in [5.41, 5.74) is 1.76. The van der Waals surface area contributed by atoms with Crippen molar-refractivity contribution in [3.63, 3.8) is 0 Å². The van der Waals surface area contributed by atoms with E-state index in [1.54, 1.807) is 23.1 Å². The summed E-state index contributed by atoms with van der Waals surface area (Å²) < 4.78 is 16.7. The van der Waals surface area contributed by atoms with E-state index in [9.17, 15) is 4.79 Å². The highest BCUT2D eigenvalue weighted by molar-refractivity contribution is 6.32. The number of carbonyl (C=O) groups excluding carboxylic acids is 1. The Morgan fingerprint density at radius 1 is 1.28 bits per heavy atom. The van der Waals surface area contributed by atoms with Crippen molar-refractivity contribution < 1.29 is 19.0 Å². The van der Waals surface area contributed by atoms with Gasteiger partial charge in [-0.3, -0.25) is 4.79 Å². The molecule has 0 N–H and O–H groups in total. The Bertz CT molecular complexity index is 883. The molecule has 0 saturated carbocycles. The monoisotopic (exact) mass is 435 g/mol. The maximum atomic E-state index is 12.7. The van der Waals surface area contributed by atoms with E-state index in [-0.39, 0.29) is 12.0 Å². The number of methoxy groups -OCH3 is 1. The number of carbonyl (C=O) groups is 1. The number of rotatable bonds is 6. The van der Waals surface area contributed by atoms with Crippen LogP contribution in [0, 0.1) is 0 Å². The highest BCUT2D eigenvalue weighted by atomic mass is 35.5. The van der Waals surface area contributed by atoms with Crippen molar-refractivity contribution in [3.8, 4) is 11.5 Å². The first-order valence-electron chi connectivity index (χ1n) is 9.36. The normalized spacial score (nSPS) is 16.8. The van der Waals surface area contributed by atoms with Gasteiger partial charge in [-0.1, -0.05) is 35.3 Å². The first kappa shape index (κ1) is 21.5. The number of ether oxygens (including phenoxy) is 3. The molecule has 0 bridgehead atoms. The Morgan fingerprint density at radius 3 is 2.72 bits per heavy atom. The van der Waals surface area contributed by atoms with Crippen LogP contribution in [0.1, 0.15) is 24.2 Å². The molecule has 1 fully saturated rings. The van der Waals surface area contributed by atoms with Crippen LogP contribution in [0.4, 0.5) is 0 Å². The van der Waals surface area contributed by atoms with Crippen LogP contribution in [-0.2, 0) is 9.53 Å². The summed E-state index contributed by atoms with van der Waals surface area (Å²) in [4.78, 5) is 14.5. The quantitative estimate of drug-likeness (QED) is 0.597. The van der Waals surface area contributed by atoms with Gasteiger partial charge in [0.15, 0.2) is 11.5 Å². The lowest BCUT2D eigenvalue weighted by Gasteiger charge is -2.32. The van der Waals surface area contributed by atoms with E-state index in [1.165, 1.54) is 13.2 Å². The molecule has 0 aliphatic carbocycles. The second-order valence-corrected chi connectivity index (χ2v) is 7.34. The molecule has 0 spiro atoms. The smallest absolute Gasteiger partial charge is 0.246 e. The van der Waals surface area contributed by atoms with E-state index in [1.807, 2.05) is 31.2 Å². The zero-order valence-corrected chi connectivity index (χ0v) is 17.9. The fourth-order valence-electron chi connectivity index (χ4n) is 3.15. The lowest BCUT2D eigenvalue weighted by Crippen LogP contribution is -2.41. The first-order chi connectivity index (χ1) is 14.0. The molecule has 2 aromatic rings. The summed E-state index contributed by atoms with van der Waals surface area (Å²) in [6.07, 6.45) is 3.10. The summed E-state index contributed by atoms with van der Waals surface area (Å²) in [6, 6.07) is 11.0. The first-order valence-corrected chi connectivity index (χ1v) is 10.1. The highest BCUT2D eigenvalue weighted by Gasteiger charge is 2.24. The van der Waals surface area contributed by atoms with Crippen LogP contribution in [-0.4, -0.2) is 44.2 Å². The summed E-state index contributed by atoms with van der Waals surface area (Å²) in [6.45, 7) is 3.88. The molecule has 1 atom stereocenters. The van der Waals surface area contributed by atoms with Gasteiger partial charge in [0.05, 0.1) is 31.9 Å². The molecule has 3 rings (SSSR count).